The number of allylic oxidation sites excluding steroid dienone is 3. The summed E-state index contributed by atoms with van der Waals surface area (Å²) in [5.74, 6) is -1.53. The van der Waals surface area contributed by atoms with Crippen molar-refractivity contribution in [3.05, 3.63) is 24.0 Å². The largest absolute Gasteiger partial charge is 0.492 e. The summed E-state index contributed by atoms with van der Waals surface area (Å²) in [5.41, 5.74) is -2.24. The number of halogens is 4. The standard InChI is InChI=1S/C22H32F4O4/c1-3-4-13-21(2,22(24,25)26)17(27)12-10-14-9-11-15-19(14)20(23)16(30-15)7-5-6-8-18(28)29/h7,10,12,14-15,17,19-20,27H,3-6,8-9,11,13H2,1-2H3,(H,28,29)/b12-10+,16-7-/t14-,15+,17-,19-,20?,21?/m1/s1. The minimum Gasteiger partial charge on any atom is -0.492 e. The molecule has 0 aromatic carbocycles. The molecule has 1 aliphatic carbocycles. The Bertz CT molecular complexity index is 646. The molecule has 0 spiro atoms. The number of hydrogen-bond donors (Lipinski definition) is 2. The molecule has 2 N–H and O–H groups in total. The molecule has 0 amide bonds. The van der Waals surface area contributed by atoms with Gasteiger partial charge in [0.05, 0.1) is 11.5 Å². The van der Waals surface area contributed by atoms with Gasteiger partial charge in [-0.25, -0.2) is 4.39 Å². The first-order chi connectivity index (χ1) is 14.0. The lowest BCUT2D eigenvalue weighted by atomic mass is 9.78. The first kappa shape index (κ1) is 24.7. The van der Waals surface area contributed by atoms with Crippen LogP contribution in [0.2, 0.25) is 0 Å². The summed E-state index contributed by atoms with van der Waals surface area (Å²) in [6.45, 7) is 2.83. The molecule has 2 rings (SSSR count). The third kappa shape index (κ3) is 5.56. The third-order valence-corrected chi connectivity index (χ3v) is 6.44. The zero-order valence-corrected chi connectivity index (χ0v) is 17.5. The molecule has 0 aromatic heterocycles. The van der Waals surface area contributed by atoms with Crippen LogP contribution in [0, 0.1) is 17.3 Å². The van der Waals surface area contributed by atoms with Gasteiger partial charge < -0.3 is 14.9 Å². The second-order valence-corrected chi connectivity index (χ2v) is 8.62. The quantitative estimate of drug-likeness (QED) is 0.267. The van der Waals surface area contributed by atoms with Gasteiger partial charge in [0.1, 0.15) is 11.9 Å². The van der Waals surface area contributed by atoms with Crippen LogP contribution in [0.15, 0.2) is 24.0 Å². The minimum absolute atomic E-state index is 0.00710. The van der Waals surface area contributed by atoms with Gasteiger partial charge in [0, 0.05) is 12.3 Å². The van der Waals surface area contributed by atoms with Crippen LogP contribution in [-0.4, -0.2) is 40.7 Å². The average molecular weight is 436 g/mol. The molecule has 0 aromatic rings. The van der Waals surface area contributed by atoms with E-state index in [0.717, 1.165) is 6.92 Å². The highest BCUT2D eigenvalue weighted by molar-refractivity contribution is 5.66. The van der Waals surface area contributed by atoms with E-state index in [4.69, 9.17) is 9.84 Å². The molecular weight excluding hydrogens is 404 g/mol. The van der Waals surface area contributed by atoms with Crippen molar-refractivity contribution in [2.24, 2.45) is 17.3 Å². The van der Waals surface area contributed by atoms with E-state index in [1.807, 2.05) is 0 Å². The Hall–Kier alpha value is -1.57. The molecule has 172 valence electrons. The number of carboxylic acid groups (broad SMARTS) is 1. The summed E-state index contributed by atoms with van der Waals surface area (Å²) in [4.78, 5) is 10.6. The normalized spacial score (nSPS) is 31.0. The number of unbranched alkanes of at least 4 members (excludes halogenated alkanes) is 2. The molecule has 1 heterocycles. The Morgan fingerprint density at radius 3 is 2.60 bits per heavy atom. The smallest absolute Gasteiger partial charge is 0.397 e. The number of rotatable bonds is 10. The van der Waals surface area contributed by atoms with E-state index in [-0.39, 0.29) is 30.6 Å². The molecule has 30 heavy (non-hydrogen) atoms. The van der Waals surface area contributed by atoms with Crippen molar-refractivity contribution in [2.75, 3.05) is 0 Å². The SMILES string of the molecule is CCCCC(C)([C@H](O)/C=C/[C@H]1CC[C@@H]2O/C(=C\CCCC(=O)O)C(F)[C@@H]21)C(F)(F)F. The molecule has 2 fully saturated rings. The Morgan fingerprint density at radius 2 is 2.00 bits per heavy atom. The Morgan fingerprint density at radius 1 is 1.30 bits per heavy atom. The van der Waals surface area contributed by atoms with Crippen molar-refractivity contribution in [1.82, 2.24) is 0 Å². The van der Waals surface area contributed by atoms with Gasteiger partial charge in [0.2, 0.25) is 0 Å². The highest BCUT2D eigenvalue weighted by Crippen LogP contribution is 2.48. The van der Waals surface area contributed by atoms with Crippen LogP contribution in [0.5, 0.6) is 0 Å². The molecule has 4 nitrogen and oxygen atoms in total. The number of aliphatic hydroxyl groups excluding tert-OH is 1. The third-order valence-electron chi connectivity index (χ3n) is 6.44. The molecule has 1 saturated carbocycles. The van der Waals surface area contributed by atoms with Gasteiger partial charge in [-0.1, -0.05) is 31.9 Å². The molecule has 1 saturated heterocycles. The lowest BCUT2D eigenvalue weighted by Crippen LogP contribution is -2.44. The second kappa shape index (κ2) is 10.2. The van der Waals surface area contributed by atoms with Gasteiger partial charge in [-0.15, -0.1) is 0 Å². The number of carbonyl (C=O) groups is 1. The Labute approximate surface area is 175 Å². The van der Waals surface area contributed by atoms with Gasteiger partial charge in [-0.2, -0.15) is 13.2 Å². The predicted octanol–water partition coefficient (Wildman–Crippen LogP) is 5.56. The van der Waals surface area contributed by atoms with Crippen molar-refractivity contribution in [2.45, 2.75) is 89.8 Å². The fourth-order valence-electron chi connectivity index (χ4n) is 4.33. The van der Waals surface area contributed by atoms with Gasteiger partial charge in [0.15, 0.2) is 6.17 Å². The number of aliphatic hydroxyl groups is 1. The first-order valence-electron chi connectivity index (χ1n) is 10.7. The second-order valence-electron chi connectivity index (χ2n) is 8.62. The van der Waals surface area contributed by atoms with Gasteiger partial charge in [-0.05, 0) is 51.0 Å². The van der Waals surface area contributed by atoms with Crippen LogP contribution < -0.4 is 0 Å². The fourth-order valence-corrected chi connectivity index (χ4v) is 4.33. The van der Waals surface area contributed by atoms with Crippen LogP contribution in [0.3, 0.4) is 0 Å². The maximum atomic E-state index is 14.9. The number of hydrogen-bond acceptors (Lipinski definition) is 3. The van der Waals surface area contributed by atoms with E-state index in [1.54, 1.807) is 13.0 Å². The monoisotopic (exact) mass is 436 g/mol. The van der Waals surface area contributed by atoms with Gasteiger partial charge in [-0.3, -0.25) is 4.79 Å². The molecule has 6 atom stereocenters. The highest BCUT2D eigenvalue weighted by Gasteiger charge is 2.54. The maximum absolute atomic E-state index is 14.9. The van der Waals surface area contributed by atoms with Crippen LogP contribution in [0.25, 0.3) is 0 Å². The Balaban J connectivity index is 2.04. The van der Waals surface area contributed by atoms with E-state index in [2.05, 4.69) is 0 Å². The number of ether oxygens (including phenoxy) is 1. The molecule has 2 unspecified atom stereocenters. The fraction of sp³-hybridized carbons (Fsp3) is 0.773. The van der Waals surface area contributed by atoms with Crippen molar-refractivity contribution in [3.63, 3.8) is 0 Å². The molecule has 0 bridgehead atoms. The number of fused-ring (bicyclic) bond motifs is 1. The molecule has 2 aliphatic rings. The van der Waals surface area contributed by atoms with Crippen molar-refractivity contribution >= 4 is 5.97 Å². The topological polar surface area (TPSA) is 66.8 Å². The zero-order chi connectivity index (χ0) is 22.5. The first-order valence-corrected chi connectivity index (χ1v) is 10.7. The van der Waals surface area contributed by atoms with Crippen LogP contribution in [0.4, 0.5) is 17.6 Å². The van der Waals surface area contributed by atoms with Crippen LogP contribution >= 0.6 is 0 Å². The number of aliphatic carboxylic acids is 1. The zero-order valence-electron chi connectivity index (χ0n) is 17.5. The Kier molecular flexibility index (Phi) is 8.36. The van der Waals surface area contributed by atoms with Gasteiger partial charge >= 0.3 is 12.1 Å². The van der Waals surface area contributed by atoms with Crippen molar-refractivity contribution < 1.29 is 37.3 Å². The molecular formula is C22H32F4O4. The lowest BCUT2D eigenvalue weighted by molar-refractivity contribution is -0.244. The summed E-state index contributed by atoms with van der Waals surface area (Å²) in [6.07, 6.45) is -0.964. The highest BCUT2D eigenvalue weighted by atomic mass is 19.4. The molecule has 8 heteroatoms. The summed E-state index contributed by atoms with van der Waals surface area (Å²) in [7, 11) is 0. The maximum Gasteiger partial charge on any atom is 0.397 e. The summed E-state index contributed by atoms with van der Waals surface area (Å²) in [6, 6.07) is 0. The van der Waals surface area contributed by atoms with Crippen LogP contribution in [-0.2, 0) is 9.53 Å². The van der Waals surface area contributed by atoms with Crippen LogP contribution in [0.1, 0.15) is 65.2 Å². The van der Waals surface area contributed by atoms with E-state index >= 15 is 0 Å². The van der Waals surface area contributed by atoms with E-state index in [9.17, 15) is 27.5 Å². The average Bonchev–Trinajstić information content (AvgIpc) is 3.20. The number of alkyl halides is 4. The van der Waals surface area contributed by atoms with E-state index in [0.29, 0.717) is 38.5 Å². The summed E-state index contributed by atoms with van der Waals surface area (Å²) in [5, 5.41) is 19.0. The molecule has 0 radical (unpaired) electrons. The molecule has 1 aliphatic heterocycles. The predicted molar refractivity (Wildman–Crippen MR) is 104 cm³/mol. The van der Waals surface area contributed by atoms with Gasteiger partial charge in [0.25, 0.3) is 0 Å². The lowest BCUT2D eigenvalue weighted by Gasteiger charge is -2.35. The summed E-state index contributed by atoms with van der Waals surface area (Å²) < 4.78 is 61.3. The summed E-state index contributed by atoms with van der Waals surface area (Å²) >= 11 is 0. The van der Waals surface area contributed by atoms with E-state index < -0.39 is 35.8 Å². The number of carboxylic acids is 1. The van der Waals surface area contributed by atoms with E-state index in [1.165, 1.54) is 12.2 Å². The van der Waals surface area contributed by atoms with Crippen molar-refractivity contribution in [1.29, 1.82) is 0 Å². The minimum atomic E-state index is -4.55. The van der Waals surface area contributed by atoms with Crippen molar-refractivity contribution in [3.8, 4) is 0 Å².